The first-order valence-corrected chi connectivity index (χ1v) is 9.64. The van der Waals surface area contributed by atoms with Crippen LogP contribution in [0, 0.1) is 6.92 Å². The van der Waals surface area contributed by atoms with Gasteiger partial charge in [-0.1, -0.05) is 36.4 Å². The molecule has 0 amide bonds. The highest BCUT2D eigenvalue weighted by Gasteiger charge is 2.17. The van der Waals surface area contributed by atoms with Gasteiger partial charge in [-0.15, -0.1) is 23.7 Å². The number of aryl methyl sites for hydroxylation is 1. The predicted molar refractivity (Wildman–Crippen MR) is 116 cm³/mol. The van der Waals surface area contributed by atoms with Gasteiger partial charge in [0, 0.05) is 33.5 Å². The van der Waals surface area contributed by atoms with E-state index in [1.807, 2.05) is 18.2 Å². The van der Waals surface area contributed by atoms with E-state index in [0.717, 1.165) is 46.8 Å². The highest BCUT2D eigenvalue weighted by atomic mass is 35.5. The predicted octanol–water partition coefficient (Wildman–Crippen LogP) is 5.91. The number of aliphatic imine (C=N–C) groups is 1. The molecule has 0 aliphatic carbocycles. The van der Waals surface area contributed by atoms with Crippen LogP contribution in [-0.4, -0.2) is 18.9 Å². The SMILES string of the molecule is Cc1csc(-c2cccc3oc(-c4ccccc4C4=NCCN4)cc23)c1.Cl. The number of nitrogens with zero attached hydrogens (tertiary/aromatic N) is 1. The first-order chi connectivity index (χ1) is 12.8. The maximum atomic E-state index is 6.25. The molecule has 2 aromatic carbocycles. The molecule has 5 rings (SSSR count). The third kappa shape index (κ3) is 3.15. The first-order valence-electron chi connectivity index (χ1n) is 8.76. The quantitative estimate of drug-likeness (QED) is 0.469. The fourth-order valence-electron chi connectivity index (χ4n) is 3.46. The van der Waals surface area contributed by atoms with E-state index >= 15 is 0 Å². The third-order valence-corrected chi connectivity index (χ3v) is 5.76. The van der Waals surface area contributed by atoms with Crippen molar-refractivity contribution in [3.05, 3.63) is 71.1 Å². The molecule has 1 aliphatic heterocycles. The van der Waals surface area contributed by atoms with Gasteiger partial charge in [0.05, 0.1) is 6.54 Å². The lowest BCUT2D eigenvalue weighted by Crippen LogP contribution is -2.20. The third-order valence-electron chi connectivity index (χ3n) is 4.68. The van der Waals surface area contributed by atoms with Crippen molar-refractivity contribution < 1.29 is 4.42 Å². The molecule has 0 atom stereocenters. The molecule has 3 nitrogen and oxygen atoms in total. The fourth-order valence-corrected chi connectivity index (χ4v) is 4.40. The summed E-state index contributed by atoms with van der Waals surface area (Å²) in [7, 11) is 0. The van der Waals surface area contributed by atoms with Crippen LogP contribution in [0.3, 0.4) is 0 Å². The largest absolute Gasteiger partial charge is 0.456 e. The zero-order chi connectivity index (χ0) is 17.5. The minimum absolute atomic E-state index is 0. The molecule has 0 radical (unpaired) electrons. The van der Waals surface area contributed by atoms with Gasteiger partial charge < -0.3 is 9.73 Å². The van der Waals surface area contributed by atoms with Crippen molar-refractivity contribution in [3.8, 4) is 21.8 Å². The molecule has 0 spiro atoms. The van der Waals surface area contributed by atoms with E-state index in [1.54, 1.807) is 11.3 Å². The summed E-state index contributed by atoms with van der Waals surface area (Å²) < 4.78 is 6.25. The van der Waals surface area contributed by atoms with E-state index in [9.17, 15) is 0 Å². The van der Waals surface area contributed by atoms with E-state index in [1.165, 1.54) is 16.0 Å². The van der Waals surface area contributed by atoms with Crippen LogP contribution in [0.4, 0.5) is 0 Å². The van der Waals surface area contributed by atoms with Gasteiger partial charge in [0.1, 0.15) is 17.2 Å². The topological polar surface area (TPSA) is 37.5 Å². The molecular weight excluding hydrogens is 376 g/mol. The van der Waals surface area contributed by atoms with Crippen molar-refractivity contribution in [1.29, 1.82) is 0 Å². The second-order valence-electron chi connectivity index (χ2n) is 6.52. The summed E-state index contributed by atoms with van der Waals surface area (Å²) in [6.45, 7) is 3.85. The number of benzene rings is 2. The monoisotopic (exact) mass is 394 g/mol. The number of hydrogen-bond acceptors (Lipinski definition) is 4. The zero-order valence-electron chi connectivity index (χ0n) is 14.9. The number of furan rings is 1. The van der Waals surface area contributed by atoms with Gasteiger partial charge in [-0.2, -0.15) is 0 Å². The number of hydrogen-bond donors (Lipinski definition) is 1. The van der Waals surface area contributed by atoms with E-state index in [2.05, 4.69) is 59.0 Å². The second kappa shape index (κ2) is 7.22. The first kappa shape index (κ1) is 17.8. The van der Waals surface area contributed by atoms with Crippen molar-refractivity contribution in [3.63, 3.8) is 0 Å². The molecule has 136 valence electrons. The van der Waals surface area contributed by atoms with Gasteiger partial charge in [-0.05, 0) is 36.1 Å². The normalized spacial score (nSPS) is 13.3. The Morgan fingerprint density at radius 1 is 1.00 bits per heavy atom. The van der Waals surface area contributed by atoms with Crippen molar-refractivity contribution in [2.45, 2.75) is 6.92 Å². The molecule has 0 unspecified atom stereocenters. The van der Waals surface area contributed by atoms with Gasteiger partial charge >= 0.3 is 0 Å². The van der Waals surface area contributed by atoms with E-state index in [0.29, 0.717) is 0 Å². The summed E-state index contributed by atoms with van der Waals surface area (Å²) in [6.07, 6.45) is 0. The van der Waals surface area contributed by atoms with Crippen molar-refractivity contribution >= 4 is 40.5 Å². The number of amidine groups is 1. The number of nitrogens with one attached hydrogen (secondary N) is 1. The molecule has 5 heteroatoms. The van der Waals surface area contributed by atoms with Crippen LogP contribution in [0.5, 0.6) is 0 Å². The summed E-state index contributed by atoms with van der Waals surface area (Å²) >= 11 is 1.78. The van der Waals surface area contributed by atoms with Crippen LogP contribution < -0.4 is 5.32 Å². The lowest BCUT2D eigenvalue weighted by molar-refractivity contribution is 0.631. The van der Waals surface area contributed by atoms with Gasteiger partial charge in [0.25, 0.3) is 0 Å². The Bertz CT molecular complexity index is 1140. The molecule has 2 aromatic heterocycles. The van der Waals surface area contributed by atoms with Crippen molar-refractivity contribution in [2.24, 2.45) is 4.99 Å². The number of fused-ring (bicyclic) bond motifs is 1. The summed E-state index contributed by atoms with van der Waals surface area (Å²) in [5.74, 6) is 1.84. The van der Waals surface area contributed by atoms with E-state index in [-0.39, 0.29) is 12.4 Å². The van der Waals surface area contributed by atoms with Crippen LogP contribution >= 0.6 is 23.7 Å². The average Bonchev–Trinajstić information content (AvgIpc) is 3.41. The van der Waals surface area contributed by atoms with Crippen molar-refractivity contribution in [1.82, 2.24) is 5.32 Å². The number of thiophene rings is 1. The van der Waals surface area contributed by atoms with Gasteiger partial charge in [0.2, 0.25) is 0 Å². The Labute approximate surface area is 168 Å². The van der Waals surface area contributed by atoms with Crippen LogP contribution in [0.15, 0.2) is 69.4 Å². The van der Waals surface area contributed by atoms with Gasteiger partial charge in [-0.25, -0.2) is 0 Å². The molecule has 1 aliphatic rings. The molecule has 0 bridgehead atoms. The molecule has 0 saturated heterocycles. The Hall–Kier alpha value is -2.56. The van der Waals surface area contributed by atoms with E-state index < -0.39 is 0 Å². The summed E-state index contributed by atoms with van der Waals surface area (Å²) in [5, 5.41) is 6.71. The smallest absolute Gasteiger partial charge is 0.136 e. The van der Waals surface area contributed by atoms with Crippen LogP contribution in [0.1, 0.15) is 11.1 Å². The summed E-state index contributed by atoms with van der Waals surface area (Å²) in [5.41, 5.74) is 5.60. The fraction of sp³-hybridized carbons (Fsp3) is 0.136. The Balaban J connectivity index is 0.00000180. The zero-order valence-corrected chi connectivity index (χ0v) is 16.5. The highest BCUT2D eigenvalue weighted by Crippen LogP contribution is 2.37. The van der Waals surface area contributed by atoms with Crippen LogP contribution in [0.25, 0.3) is 32.7 Å². The molecule has 4 aromatic rings. The number of rotatable bonds is 3. The molecule has 0 fully saturated rings. The van der Waals surface area contributed by atoms with E-state index in [4.69, 9.17) is 4.42 Å². The molecule has 27 heavy (non-hydrogen) atoms. The molecule has 3 heterocycles. The average molecular weight is 395 g/mol. The Kier molecular flexibility index (Phi) is 4.77. The standard InChI is InChI=1S/C22H18N2OS.ClH/c1-14-11-21(26-13-14)16-7-4-8-19-18(16)12-20(25-19)15-5-2-3-6-17(15)22-23-9-10-24-22;/h2-8,11-13H,9-10H2,1H3,(H,23,24);1H. The summed E-state index contributed by atoms with van der Waals surface area (Å²) in [6, 6.07) is 19.0. The molecule has 0 saturated carbocycles. The maximum absolute atomic E-state index is 6.25. The highest BCUT2D eigenvalue weighted by molar-refractivity contribution is 7.13. The lowest BCUT2D eigenvalue weighted by Gasteiger charge is -2.07. The lowest BCUT2D eigenvalue weighted by atomic mass is 10.0. The van der Waals surface area contributed by atoms with Crippen LogP contribution in [-0.2, 0) is 0 Å². The maximum Gasteiger partial charge on any atom is 0.136 e. The Morgan fingerprint density at radius 2 is 1.81 bits per heavy atom. The minimum Gasteiger partial charge on any atom is -0.456 e. The molecular formula is C22H19ClN2OS. The Morgan fingerprint density at radius 3 is 2.56 bits per heavy atom. The van der Waals surface area contributed by atoms with Gasteiger partial charge in [0.15, 0.2) is 0 Å². The van der Waals surface area contributed by atoms with Gasteiger partial charge in [-0.3, -0.25) is 4.99 Å². The number of halogens is 1. The minimum atomic E-state index is 0. The van der Waals surface area contributed by atoms with Crippen LogP contribution in [0.2, 0.25) is 0 Å². The summed E-state index contributed by atoms with van der Waals surface area (Å²) in [4.78, 5) is 5.85. The molecule has 1 N–H and O–H groups in total. The van der Waals surface area contributed by atoms with Crippen molar-refractivity contribution in [2.75, 3.05) is 13.1 Å². The second-order valence-corrected chi connectivity index (χ2v) is 7.43.